The van der Waals surface area contributed by atoms with Crippen LogP contribution in [0.4, 0.5) is 4.79 Å². The van der Waals surface area contributed by atoms with E-state index in [0.717, 1.165) is 22.4 Å². The van der Waals surface area contributed by atoms with Gasteiger partial charge in [-0.3, -0.25) is 43.2 Å². The molecule has 10 atom stereocenters. The van der Waals surface area contributed by atoms with Gasteiger partial charge in [-0.2, -0.15) is 0 Å². The van der Waals surface area contributed by atoms with E-state index < -0.39 is 158 Å². The smallest absolute Gasteiger partial charge is 0.407 e. The number of nitrogens with zero attached hydrogens (tertiary/aromatic N) is 1. The first-order chi connectivity index (χ1) is 36.9. The molecule has 78 heavy (non-hydrogen) atoms. The number of alkyl carbamates (subject to hydrolysis) is 1. The van der Waals surface area contributed by atoms with Crippen molar-refractivity contribution in [1.82, 2.24) is 52.4 Å². The number of nitrogens with two attached hydrogens (primary N) is 1. The summed E-state index contributed by atoms with van der Waals surface area (Å²) in [4.78, 5) is 142. The number of aliphatic hydroxyl groups is 3. The number of H-pyrrole nitrogens is 1. The predicted molar refractivity (Wildman–Crippen MR) is 289 cm³/mol. The van der Waals surface area contributed by atoms with Crippen LogP contribution >= 0.6 is 33.3 Å². The van der Waals surface area contributed by atoms with E-state index in [1.807, 2.05) is 0 Å². The molecule has 2 aromatic rings. The number of hydrogen-bond donors (Lipinski definition) is 13. The van der Waals surface area contributed by atoms with Gasteiger partial charge in [0.1, 0.15) is 47.6 Å². The van der Waals surface area contributed by atoms with E-state index in [4.69, 9.17) is 15.2 Å². The summed E-state index contributed by atoms with van der Waals surface area (Å²) < 4.78 is 11.4. The van der Waals surface area contributed by atoms with E-state index in [1.165, 1.54) is 6.92 Å². The van der Waals surface area contributed by atoms with E-state index in [0.29, 0.717) is 59.0 Å². The monoisotopic (exact) mass is 1150 g/mol. The molecule has 10 amide bonds. The van der Waals surface area contributed by atoms with Gasteiger partial charge >= 0.3 is 6.09 Å². The van der Waals surface area contributed by atoms with Crippen LogP contribution in [0.15, 0.2) is 23.2 Å². The minimum Gasteiger partial charge on any atom is -0.493 e. The van der Waals surface area contributed by atoms with E-state index in [-0.39, 0.29) is 18.6 Å². The highest BCUT2D eigenvalue weighted by Crippen LogP contribution is 2.34. The van der Waals surface area contributed by atoms with Crippen LogP contribution in [0.25, 0.3) is 10.9 Å². The second-order valence-corrected chi connectivity index (χ2v) is 23.9. The molecule has 2 bridgehead atoms. The highest BCUT2D eigenvalue weighted by molar-refractivity contribution is 8.76. The number of aliphatic hydroxyl groups excluding tert-OH is 3. The van der Waals surface area contributed by atoms with Crippen LogP contribution in [0.2, 0.25) is 0 Å². The van der Waals surface area contributed by atoms with Gasteiger partial charge in [-0.15, -0.1) is 11.8 Å². The Morgan fingerprint density at radius 3 is 2.26 bits per heavy atom. The fourth-order valence-electron chi connectivity index (χ4n) is 8.58. The van der Waals surface area contributed by atoms with Crippen molar-refractivity contribution in [2.45, 2.75) is 133 Å². The SMILES string of the molecule is CC[C@H](C)[C@@H]1NC(=O)CNC(=O)C2Cc3c([nH]c4cc(OCCCSSCCNC(=O)OC(C)(C)C)ccc34)SCC(NC(=O)CNC1=O)C(=O)N[C@@H](CC(N)=O)C(=O)N1CC(O)C[C@H]1C(=O)N[C@@H]([C@@H](C)[C@@H](O)CO)C(=O)N2. The fourth-order valence-corrected chi connectivity index (χ4v) is 11.7. The molecule has 0 saturated carbocycles. The summed E-state index contributed by atoms with van der Waals surface area (Å²) >= 11 is 0.991. The van der Waals surface area contributed by atoms with Gasteiger partial charge in [0.2, 0.25) is 53.2 Å². The predicted octanol–water partition coefficient (Wildman–Crippen LogP) is -1.97. The Bertz CT molecular complexity index is 2510. The van der Waals surface area contributed by atoms with Crippen molar-refractivity contribution in [1.29, 1.82) is 0 Å². The summed E-state index contributed by atoms with van der Waals surface area (Å²) in [5.74, 6) is -8.71. The number of carbonyl (C=O) groups is 10. The lowest BCUT2D eigenvalue weighted by atomic mass is 9.93. The van der Waals surface area contributed by atoms with Gasteiger partial charge < -0.3 is 82.9 Å². The van der Waals surface area contributed by atoms with E-state index in [1.54, 1.807) is 74.4 Å². The Labute approximate surface area is 463 Å². The number of amides is 10. The number of carbonyl (C=O) groups excluding carboxylic acids is 10. The lowest BCUT2D eigenvalue weighted by Gasteiger charge is -2.32. The van der Waals surface area contributed by atoms with Crippen molar-refractivity contribution in [3.63, 3.8) is 0 Å². The zero-order valence-corrected chi connectivity index (χ0v) is 46.8. The van der Waals surface area contributed by atoms with Gasteiger partial charge in [-0.1, -0.05) is 48.8 Å². The van der Waals surface area contributed by atoms with Gasteiger partial charge in [-0.05, 0) is 50.8 Å². The molecule has 1 saturated heterocycles. The number of hydrogen-bond acceptors (Lipinski definition) is 18. The van der Waals surface area contributed by atoms with Crippen molar-refractivity contribution >= 4 is 104 Å². The topological polar surface area (TPSA) is 391 Å². The van der Waals surface area contributed by atoms with Crippen molar-refractivity contribution in [3.8, 4) is 5.75 Å². The first-order valence-corrected chi connectivity index (χ1v) is 29.1. The number of nitrogens with one attached hydrogen (secondary N) is 9. The van der Waals surface area contributed by atoms with E-state index in [2.05, 4.69) is 47.5 Å². The molecule has 3 unspecified atom stereocenters. The Morgan fingerprint density at radius 2 is 1.58 bits per heavy atom. The van der Waals surface area contributed by atoms with Crippen LogP contribution in [-0.4, -0.2) is 195 Å². The molecule has 3 aliphatic rings. The molecule has 3 aliphatic heterocycles. The molecule has 0 spiro atoms. The van der Waals surface area contributed by atoms with Crippen molar-refractivity contribution in [2.24, 2.45) is 17.6 Å². The number of thioether (sulfide) groups is 1. The molecule has 5 rings (SSSR count). The summed E-state index contributed by atoms with van der Waals surface area (Å²) in [6, 6.07) is -4.24. The molecule has 1 aromatic heterocycles. The number of aromatic amines is 1. The number of primary amides is 1. The van der Waals surface area contributed by atoms with Crippen molar-refractivity contribution < 1.29 is 72.7 Å². The molecule has 29 heteroatoms. The Morgan fingerprint density at radius 1 is 0.885 bits per heavy atom. The molecule has 0 aliphatic carbocycles. The zero-order chi connectivity index (χ0) is 57.4. The minimum absolute atomic E-state index is 0.306. The summed E-state index contributed by atoms with van der Waals surface area (Å²) in [7, 11) is 3.19. The lowest BCUT2D eigenvalue weighted by molar-refractivity contribution is -0.144. The average Bonchev–Trinajstić information content (AvgIpc) is 4.02. The highest BCUT2D eigenvalue weighted by Gasteiger charge is 2.45. The summed E-state index contributed by atoms with van der Waals surface area (Å²) in [5.41, 5.74) is 5.83. The molecule has 4 heterocycles. The lowest BCUT2D eigenvalue weighted by Crippen LogP contribution is -2.62. The van der Waals surface area contributed by atoms with Crippen LogP contribution in [0, 0.1) is 11.8 Å². The Balaban J connectivity index is 1.56. The maximum Gasteiger partial charge on any atom is 0.407 e. The maximum atomic E-state index is 14.7. The molecule has 26 nitrogen and oxygen atoms in total. The molecular formula is C49H73N11O15S3. The second kappa shape index (κ2) is 29.3. The first-order valence-electron chi connectivity index (χ1n) is 25.6. The molecule has 14 N–H and O–H groups in total. The standard InChI is InChI=1S/C49H73N11O15S3/c1-7-24(2)39-44(70)53-19-37(65)54-33-23-76-46-29(28-10-9-27(16-30(28)57-46)74-12-8-13-77-78-14-11-51-48(73)75-49(4,5)6)17-31(41(67)52-20-38(66)58-39)55-45(71)40(25(3)35(63)22-61)59-43(69)34-15-26(62)21-60(34)47(72)32(18-36(50)64)56-42(33)68/h9-10,16,24-26,31-35,39-40,57,61-63H,7-8,11-15,17-23H2,1-6H3,(H2,50,64)(H,51,73)(H,52,67)(H,53,70)(H,54,65)(H,55,71)(H,56,68)(H,58,66)(H,59,69)/t24-,25-,26?,31?,32-,33?,34-,35-,39-,40-/m0/s1. The summed E-state index contributed by atoms with van der Waals surface area (Å²) in [5, 5.41) is 53.1. The second-order valence-electron chi connectivity index (χ2n) is 20.2. The van der Waals surface area contributed by atoms with Crippen LogP contribution in [0.3, 0.4) is 0 Å². The normalized spacial score (nSPS) is 24.6. The zero-order valence-electron chi connectivity index (χ0n) is 44.4. The van der Waals surface area contributed by atoms with Gasteiger partial charge in [0.05, 0.1) is 55.5 Å². The van der Waals surface area contributed by atoms with Crippen LogP contribution in [-0.2, 0) is 54.3 Å². The van der Waals surface area contributed by atoms with Gasteiger partial charge in [0.25, 0.3) is 0 Å². The number of ether oxygens (including phenoxy) is 2. The fraction of sp³-hybridized carbons (Fsp3) is 0.633. The average molecular weight is 1150 g/mol. The minimum atomic E-state index is -1.76. The third-order valence-corrected chi connectivity index (χ3v) is 16.6. The number of aromatic nitrogens is 1. The molecule has 1 aromatic carbocycles. The third-order valence-electron chi connectivity index (χ3n) is 12.9. The first kappa shape index (κ1) is 62.8. The highest BCUT2D eigenvalue weighted by atomic mass is 33.1. The number of benzene rings is 1. The number of rotatable bonds is 16. The van der Waals surface area contributed by atoms with E-state index in [9.17, 15) is 63.3 Å². The third kappa shape index (κ3) is 18.3. The quantitative estimate of drug-likeness (QED) is 0.0641. The van der Waals surface area contributed by atoms with Gasteiger partial charge in [0, 0.05) is 60.6 Å². The Hall–Kier alpha value is -6.01. The maximum absolute atomic E-state index is 14.7. The van der Waals surface area contributed by atoms with Crippen molar-refractivity contribution in [2.75, 3.05) is 56.7 Å². The van der Waals surface area contributed by atoms with Crippen LogP contribution < -0.4 is 53.0 Å². The molecule has 1 fully saturated rings. The van der Waals surface area contributed by atoms with Gasteiger partial charge in [0.15, 0.2) is 0 Å². The van der Waals surface area contributed by atoms with Crippen molar-refractivity contribution in [3.05, 3.63) is 23.8 Å². The number of fused-ring (bicyclic) bond motifs is 5. The van der Waals surface area contributed by atoms with E-state index >= 15 is 0 Å². The molecular weight excluding hydrogens is 1080 g/mol. The van der Waals surface area contributed by atoms with Crippen LogP contribution in [0.1, 0.15) is 72.8 Å². The summed E-state index contributed by atoms with van der Waals surface area (Å²) in [6.45, 7) is 8.18. The molecule has 432 valence electrons. The van der Waals surface area contributed by atoms with Crippen LogP contribution in [0.5, 0.6) is 5.75 Å². The summed E-state index contributed by atoms with van der Waals surface area (Å²) in [6.07, 6.45) is -3.88. The largest absolute Gasteiger partial charge is 0.493 e. The Kier molecular flexibility index (Phi) is 23.6. The molecule has 0 radical (unpaired) electrons. The van der Waals surface area contributed by atoms with Gasteiger partial charge in [-0.25, -0.2) is 4.79 Å².